The third-order valence-electron chi connectivity index (χ3n) is 4.20. The SMILES string of the molecule is C[C@H](c1ccccc1)N1CCC2(CC1)OCCO2. The number of rotatable bonds is 2. The van der Waals surface area contributed by atoms with Crippen molar-refractivity contribution in [1.82, 2.24) is 4.90 Å². The number of hydrogen-bond acceptors (Lipinski definition) is 3. The quantitative estimate of drug-likeness (QED) is 0.802. The molecule has 18 heavy (non-hydrogen) atoms. The van der Waals surface area contributed by atoms with E-state index in [1.54, 1.807) is 0 Å². The van der Waals surface area contributed by atoms with Gasteiger partial charge in [-0.3, -0.25) is 4.90 Å². The molecule has 0 aromatic heterocycles. The van der Waals surface area contributed by atoms with Crippen molar-refractivity contribution in [3.05, 3.63) is 35.9 Å². The zero-order valence-electron chi connectivity index (χ0n) is 11.0. The number of nitrogens with zero attached hydrogens (tertiary/aromatic N) is 1. The molecule has 1 aromatic carbocycles. The fourth-order valence-corrected chi connectivity index (χ4v) is 2.98. The van der Waals surface area contributed by atoms with Crippen molar-refractivity contribution in [1.29, 1.82) is 0 Å². The van der Waals surface area contributed by atoms with Crippen molar-refractivity contribution in [2.75, 3.05) is 26.3 Å². The maximum absolute atomic E-state index is 5.77. The topological polar surface area (TPSA) is 21.7 Å². The van der Waals surface area contributed by atoms with Gasteiger partial charge in [0, 0.05) is 32.0 Å². The number of piperidine rings is 1. The van der Waals surface area contributed by atoms with Crippen LogP contribution in [0.4, 0.5) is 0 Å². The minimum atomic E-state index is -0.257. The van der Waals surface area contributed by atoms with E-state index in [-0.39, 0.29) is 5.79 Å². The van der Waals surface area contributed by atoms with Crippen LogP contribution in [-0.4, -0.2) is 37.0 Å². The molecule has 0 amide bonds. The van der Waals surface area contributed by atoms with E-state index >= 15 is 0 Å². The Hall–Kier alpha value is -0.900. The lowest BCUT2D eigenvalue weighted by Gasteiger charge is -2.40. The van der Waals surface area contributed by atoms with Crippen LogP contribution in [0.25, 0.3) is 0 Å². The van der Waals surface area contributed by atoms with E-state index in [9.17, 15) is 0 Å². The molecule has 1 spiro atoms. The first-order valence-corrected chi connectivity index (χ1v) is 6.86. The van der Waals surface area contributed by atoms with Crippen molar-refractivity contribution in [3.63, 3.8) is 0 Å². The monoisotopic (exact) mass is 247 g/mol. The Morgan fingerprint density at radius 2 is 1.67 bits per heavy atom. The van der Waals surface area contributed by atoms with Crippen molar-refractivity contribution in [2.45, 2.75) is 31.6 Å². The first kappa shape index (κ1) is 12.2. The maximum atomic E-state index is 5.77. The molecule has 3 nitrogen and oxygen atoms in total. The van der Waals surface area contributed by atoms with Crippen LogP contribution in [0.15, 0.2) is 30.3 Å². The van der Waals surface area contributed by atoms with Gasteiger partial charge in [0.15, 0.2) is 5.79 Å². The Balaban J connectivity index is 1.62. The van der Waals surface area contributed by atoms with Crippen LogP contribution in [0.1, 0.15) is 31.4 Å². The summed E-state index contributed by atoms with van der Waals surface area (Å²) in [5, 5.41) is 0. The summed E-state index contributed by atoms with van der Waals surface area (Å²) in [6, 6.07) is 11.2. The molecule has 98 valence electrons. The smallest absolute Gasteiger partial charge is 0.170 e. The van der Waals surface area contributed by atoms with E-state index < -0.39 is 0 Å². The summed E-state index contributed by atoms with van der Waals surface area (Å²) in [7, 11) is 0. The molecular weight excluding hydrogens is 226 g/mol. The third kappa shape index (κ3) is 2.30. The first-order valence-electron chi connectivity index (χ1n) is 6.86. The summed E-state index contributed by atoms with van der Waals surface area (Å²) in [5.74, 6) is -0.257. The lowest BCUT2D eigenvalue weighted by molar-refractivity contribution is -0.187. The predicted octanol–water partition coefficient (Wildman–Crippen LogP) is 2.59. The van der Waals surface area contributed by atoms with E-state index in [1.165, 1.54) is 5.56 Å². The standard InChI is InChI=1S/C15H21NO2/c1-13(14-5-3-2-4-6-14)16-9-7-15(8-10-16)17-11-12-18-15/h2-6,13H,7-12H2,1H3/t13-/m1/s1. The van der Waals surface area contributed by atoms with Crippen molar-refractivity contribution in [2.24, 2.45) is 0 Å². The molecule has 0 radical (unpaired) electrons. The highest BCUT2D eigenvalue weighted by Crippen LogP contribution is 2.34. The van der Waals surface area contributed by atoms with Crippen LogP contribution in [0.2, 0.25) is 0 Å². The lowest BCUT2D eigenvalue weighted by atomic mass is 9.99. The van der Waals surface area contributed by atoms with E-state index in [2.05, 4.69) is 42.2 Å². The van der Waals surface area contributed by atoms with Gasteiger partial charge in [-0.2, -0.15) is 0 Å². The molecule has 3 heteroatoms. The van der Waals surface area contributed by atoms with Gasteiger partial charge in [0.1, 0.15) is 0 Å². The van der Waals surface area contributed by atoms with Gasteiger partial charge in [0.25, 0.3) is 0 Å². The molecule has 2 heterocycles. The highest BCUT2D eigenvalue weighted by molar-refractivity contribution is 5.18. The largest absolute Gasteiger partial charge is 0.347 e. The molecule has 0 unspecified atom stereocenters. The second-order valence-electron chi connectivity index (χ2n) is 5.23. The first-order chi connectivity index (χ1) is 8.79. The van der Waals surface area contributed by atoms with E-state index in [1.807, 2.05) is 0 Å². The van der Waals surface area contributed by atoms with Crippen molar-refractivity contribution < 1.29 is 9.47 Å². The highest BCUT2D eigenvalue weighted by Gasteiger charge is 2.40. The van der Waals surface area contributed by atoms with E-state index in [0.717, 1.165) is 39.1 Å². The molecule has 0 saturated carbocycles. The zero-order chi connectivity index (χ0) is 12.4. The second kappa shape index (κ2) is 5.00. The summed E-state index contributed by atoms with van der Waals surface area (Å²) >= 11 is 0. The average Bonchev–Trinajstić information content (AvgIpc) is 2.88. The molecule has 2 fully saturated rings. The Labute approximate surface area is 109 Å². The van der Waals surface area contributed by atoms with Gasteiger partial charge in [-0.15, -0.1) is 0 Å². The highest BCUT2D eigenvalue weighted by atomic mass is 16.7. The van der Waals surface area contributed by atoms with Gasteiger partial charge in [0.2, 0.25) is 0 Å². The zero-order valence-corrected chi connectivity index (χ0v) is 11.0. The minimum absolute atomic E-state index is 0.257. The maximum Gasteiger partial charge on any atom is 0.170 e. The normalized spacial score (nSPS) is 25.4. The Bertz CT molecular complexity index is 377. The van der Waals surface area contributed by atoms with Crippen LogP contribution in [0.3, 0.4) is 0 Å². The molecule has 2 aliphatic rings. The lowest BCUT2D eigenvalue weighted by Crippen LogP contribution is -2.45. The molecule has 3 rings (SSSR count). The summed E-state index contributed by atoms with van der Waals surface area (Å²) in [6.45, 7) is 5.90. The van der Waals surface area contributed by atoms with Crippen LogP contribution >= 0.6 is 0 Å². The Kier molecular flexibility index (Phi) is 3.37. The summed E-state index contributed by atoms with van der Waals surface area (Å²) in [6.07, 6.45) is 1.98. The van der Waals surface area contributed by atoms with Gasteiger partial charge < -0.3 is 9.47 Å². The fourth-order valence-electron chi connectivity index (χ4n) is 2.98. The van der Waals surface area contributed by atoms with Gasteiger partial charge in [-0.1, -0.05) is 30.3 Å². The molecule has 0 aliphatic carbocycles. The van der Waals surface area contributed by atoms with Crippen molar-refractivity contribution in [3.8, 4) is 0 Å². The molecule has 2 aliphatic heterocycles. The van der Waals surface area contributed by atoms with Crippen LogP contribution in [-0.2, 0) is 9.47 Å². The molecule has 0 bridgehead atoms. The Morgan fingerprint density at radius 3 is 2.28 bits per heavy atom. The van der Waals surface area contributed by atoms with E-state index in [0.29, 0.717) is 6.04 Å². The molecule has 1 atom stereocenters. The van der Waals surface area contributed by atoms with Gasteiger partial charge in [0.05, 0.1) is 13.2 Å². The Morgan fingerprint density at radius 1 is 1.06 bits per heavy atom. The van der Waals surface area contributed by atoms with Crippen molar-refractivity contribution >= 4 is 0 Å². The molecule has 2 saturated heterocycles. The van der Waals surface area contributed by atoms with Crippen LogP contribution in [0, 0.1) is 0 Å². The van der Waals surface area contributed by atoms with Gasteiger partial charge in [-0.25, -0.2) is 0 Å². The number of hydrogen-bond donors (Lipinski definition) is 0. The molecule has 0 N–H and O–H groups in total. The number of likely N-dealkylation sites (tertiary alicyclic amines) is 1. The predicted molar refractivity (Wildman–Crippen MR) is 70.3 cm³/mol. The third-order valence-corrected chi connectivity index (χ3v) is 4.20. The second-order valence-corrected chi connectivity index (χ2v) is 5.23. The van der Waals surface area contributed by atoms with Gasteiger partial charge >= 0.3 is 0 Å². The van der Waals surface area contributed by atoms with Crippen LogP contribution < -0.4 is 0 Å². The number of benzene rings is 1. The fraction of sp³-hybridized carbons (Fsp3) is 0.600. The van der Waals surface area contributed by atoms with Crippen LogP contribution in [0.5, 0.6) is 0 Å². The molecular formula is C15H21NO2. The van der Waals surface area contributed by atoms with Gasteiger partial charge in [-0.05, 0) is 12.5 Å². The number of ether oxygens (including phenoxy) is 2. The summed E-state index contributed by atoms with van der Waals surface area (Å²) in [5.41, 5.74) is 1.39. The summed E-state index contributed by atoms with van der Waals surface area (Å²) < 4.78 is 11.5. The minimum Gasteiger partial charge on any atom is -0.347 e. The molecule has 1 aromatic rings. The summed E-state index contributed by atoms with van der Waals surface area (Å²) in [4.78, 5) is 2.52. The van der Waals surface area contributed by atoms with E-state index in [4.69, 9.17) is 9.47 Å². The average molecular weight is 247 g/mol.